The van der Waals surface area contributed by atoms with Gasteiger partial charge in [-0.05, 0) is 44.4 Å². The van der Waals surface area contributed by atoms with Crippen LogP contribution in [0.1, 0.15) is 54.9 Å². The Bertz CT molecular complexity index is 470. The van der Waals surface area contributed by atoms with Gasteiger partial charge in [0.1, 0.15) is 0 Å². The van der Waals surface area contributed by atoms with Crippen LogP contribution in [-0.4, -0.2) is 29.8 Å². The van der Waals surface area contributed by atoms with Gasteiger partial charge in [0.25, 0.3) is 0 Å². The fourth-order valence-corrected chi connectivity index (χ4v) is 3.02. The summed E-state index contributed by atoms with van der Waals surface area (Å²) >= 11 is 0. The summed E-state index contributed by atoms with van der Waals surface area (Å²) in [6.07, 6.45) is 5.66. The number of hydrogen-bond acceptors (Lipinski definition) is 3. The molecule has 3 nitrogen and oxygen atoms in total. The van der Waals surface area contributed by atoms with Crippen molar-refractivity contribution in [3.8, 4) is 0 Å². The first-order chi connectivity index (χ1) is 9.61. The molecule has 0 spiro atoms. The fraction of sp³-hybridized carbons (Fsp3) is 0.588. The molecule has 0 bridgehead atoms. The van der Waals surface area contributed by atoms with Gasteiger partial charge in [-0.1, -0.05) is 25.5 Å². The van der Waals surface area contributed by atoms with Gasteiger partial charge in [-0.3, -0.25) is 9.69 Å². The van der Waals surface area contributed by atoms with E-state index in [2.05, 4.69) is 11.8 Å². The smallest absolute Gasteiger partial charge is 0.164 e. The van der Waals surface area contributed by atoms with Crippen molar-refractivity contribution in [2.75, 3.05) is 18.8 Å². The van der Waals surface area contributed by atoms with E-state index in [0.29, 0.717) is 18.2 Å². The number of benzene rings is 1. The van der Waals surface area contributed by atoms with Crippen LogP contribution in [-0.2, 0) is 0 Å². The minimum Gasteiger partial charge on any atom is -0.398 e. The molecule has 1 heterocycles. The van der Waals surface area contributed by atoms with Crippen molar-refractivity contribution in [2.45, 2.75) is 52.0 Å². The van der Waals surface area contributed by atoms with Crippen molar-refractivity contribution >= 4 is 11.5 Å². The zero-order valence-corrected chi connectivity index (χ0v) is 12.7. The summed E-state index contributed by atoms with van der Waals surface area (Å²) in [7, 11) is 0. The van der Waals surface area contributed by atoms with Crippen LogP contribution in [0.25, 0.3) is 0 Å². The second-order valence-electron chi connectivity index (χ2n) is 5.84. The lowest BCUT2D eigenvalue weighted by atomic mass is 9.99. The van der Waals surface area contributed by atoms with E-state index in [4.69, 9.17) is 5.73 Å². The van der Waals surface area contributed by atoms with E-state index in [1.54, 1.807) is 0 Å². The average Bonchev–Trinajstić information content (AvgIpc) is 2.47. The minimum absolute atomic E-state index is 0.206. The molecule has 0 saturated carbocycles. The van der Waals surface area contributed by atoms with Crippen molar-refractivity contribution in [1.29, 1.82) is 0 Å². The van der Waals surface area contributed by atoms with E-state index >= 15 is 0 Å². The zero-order valence-electron chi connectivity index (χ0n) is 12.7. The van der Waals surface area contributed by atoms with Gasteiger partial charge in [0.05, 0.1) is 0 Å². The molecule has 110 valence electrons. The van der Waals surface area contributed by atoms with Crippen LogP contribution < -0.4 is 5.73 Å². The Morgan fingerprint density at radius 3 is 2.90 bits per heavy atom. The van der Waals surface area contributed by atoms with Crippen LogP contribution >= 0.6 is 0 Å². The summed E-state index contributed by atoms with van der Waals surface area (Å²) in [6, 6.07) is 6.30. The molecule has 1 aromatic rings. The third-order valence-corrected chi connectivity index (χ3v) is 4.45. The number of anilines is 1. The molecule has 1 fully saturated rings. The van der Waals surface area contributed by atoms with Crippen LogP contribution in [0, 0.1) is 6.92 Å². The van der Waals surface area contributed by atoms with Crippen molar-refractivity contribution in [3.63, 3.8) is 0 Å². The lowest BCUT2D eigenvalue weighted by molar-refractivity contribution is 0.0923. The van der Waals surface area contributed by atoms with Crippen molar-refractivity contribution in [3.05, 3.63) is 29.3 Å². The van der Waals surface area contributed by atoms with Crippen LogP contribution in [0.5, 0.6) is 0 Å². The van der Waals surface area contributed by atoms with Gasteiger partial charge in [-0.25, -0.2) is 0 Å². The Hall–Kier alpha value is -1.35. The van der Waals surface area contributed by atoms with Crippen molar-refractivity contribution < 1.29 is 4.79 Å². The maximum atomic E-state index is 12.3. The number of likely N-dealkylation sites (tertiary alicyclic amines) is 1. The van der Waals surface area contributed by atoms with Gasteiger partial charge in [-0.15, -0.1) is 0 Å². The zero-order chi connectivity index (χ0) is 14.5. The Balaban J connectivity index is 1.92. The summed E-state index contributed by atoms with van der Waals surface area (Å²) in [4.78, 5) is 14.7. The van der Waals surface area contributed by atoms with E-state index in [1.165, 1.54) is 25.7 Å². The SMILES string of the molecule is CCC1CCCCN1CCC(=O)c1ccc(C)c(N)c1. The summed E-state index contributed by atoms with van der Waals surface area (Å²) in [5.74, 6) is 0.206. The molecule has 1 unspecified atom stereocenters. The topological polar surface area (TPSA) is 46.3 Å². The maximum Gasteiger partial charge on any atom is 0.164 e. The van der Waals surface area contributed by atoms with E-state index in [9.17, 15) is 4.79 Å². The summed E-state index contributed by atoms with van der Waals surface area (Å²) in [5, 5.41) is 0. The molecule has 1 saturated heterocycles. The number of carbonyl (C=O) groups excluding carboxylic acids is 1. The Kier molecular flexibility index (Phi) is 5.18. The molecule has 0 radical (unpaired) electrons. The summed E-state index contributed by atoms with van der Waals surface area (Å²) < 4.78 is 0. The third-order valence-electron chi connectivity index (χ3n) is 4.45. The first kappa shape index (κ1) is 15.0. The van der Waals surface area contributed by atoms with Gasteiger partial charge in [0, 0.05) is 30.3 Å². The van der Waals surface area contributed by atoms with Gasteiger partial charge >= 0.3 is 0 Å². The van der Waals surface area contributed by atoms with Crippen LogP contribution in [0.15, 0.2) is 18.2 Å². The molecule has 1 aromatic carbocycles. The first-order valence-corrected chi connectivity index (χ1v) is 7.75. The number of Topliss-reactive ketones (excluding diaryl/α,β-unsaturated/α-hetero) is 1. The van der Waals surface area contributed by atoms with E-state index < -0.39 is 0 Å². The quantitative estimate of drug-likeness (QED) is 0.661. The third kappa shape index (κ3) is 3.60. The van der Waals surface area contributed by atoms with E-state index in [1.807, 2.05) is 25.1 Å². The number of aryl methyl sites for hydroxylation is 1. The number of piperidine rings is 1. The van der Waals surface area contributed by atoms with Crippen LogP contribution in [0.4, 0.5) is 5.69 Å². The first-order valence-electron chi connectivity index (χ1n) is 7.75. The highest BCUT2D eigenvalue weighted by Crippen LogP contribution is 2.20. The largest absolute Gasteiger partial charge is 0.398 e. The van der Waals surface area contributed by atoms with Gasteiger partial charge in [0.2, 0.25) is 0 Å². The predicted molar refractivity (Wildman–Crippen MR) is 84.0 cm³/mol. The Morgan fingerprint density at radius 2 is 2.20 bits per heavy atom. The summed E-state index contributed by atoms with van der Waals surface area (Å²) in [6.45, 7) is 6.22. The van der Waals surface area contributed by atoms with Crippen LogP contribution in [0.2, 0.25) is 0 Å². The second kappa shape index (κ2) is 6.89. The number of nitrogens with two attached hydrogens (primary N) is 1. The molecule has 1 atom stereocenters. The number of hydrogen-bond donors (Lipinski definition) is 1. The van der Waals surface area contributed by atoms with Gasteiger partial charge in [0.15, 0.2) is 5.78 Å². The maximum absolute atomic E-state index is 12.3. The fourth-order valence-electron chi connectivity index (χ4n) is 3.02. The number of carbonyl (C=O) groups is 1. The molecule has 0 aromatic heterocycles. The monoisotopic (exact) mass is 274 g/mol. The standard InChI is InChI=1S/C17H26N2O/c1-3-15-6-4-5-10-19(15)11-9-17(20)14-8-7-13(2)16(18)12-14/h7-8,12,15H,3-6,9-11,18H2,1-2H3. The highest BCUT2D eigenvalue weighted by molar-refractivity contribution is 5.97. The molecule has 3 heteroatoms. The normalized spacial score (nSPS) is 20.0. The molecule has 0 amide bonds. The van der Waals surface area contributed by atoms with Crippen molar-refractivity contribution in [2.24, 2.45) is 0 Å². The Labute approximate surface area is 122 Å². The number of nitrogen functional groups attached to an aromatic ring is 1. The highest BCUT2D eigenvalue weighted by Gasteiger charge is 2.21. The second-order valence-corrected chi connectivity index (χ2v) is 5.84. The number of nitrogens with zero attached hydrogens (tertiary/aromatic N) is 1. The average molecular weight is 274 g/mol. The van der Waals surface area contributed by atoms with E-state index in [-0.39, 0.29) is 5.78 Å². The van der Waals surface area contributed by atoms with Gasteiger partial charge < -0.3 is 5.73 Å². The highest BCUT2D eigenvalue weighted by atomic mass is 16.1. The molecule has 1 aliphatic heterocycles. The van der Waals surface area contributed by atoms with Gasteiger partial charge in [-0.2, -0.15) is 0 Å². The molecule has 2 N–H and O–H groups in total. The molecule has 20 heavy (non-hydrogen) atoms. The molecular formula is C17H26N2O. The summed E-state index contributed by atoms with van der Waals surface area (Å²) in [5.41, 5.74) is 8.37. The van der Waals surface area contributed by atoms with Crippen LogP contribution in [0.3, 0.4) is 0 Å². The van der Waals surface area contributed by atoms with Crippen molar-refractivity contribution in [1.82, 2.24) is 4.90 Å². The lowest BCUT2D eigenvalue weighted by Gasteiger charge is -2.35. The molecule has 1 aliphatic rings. The van der Waals surface area contributed by atoms with E-state index in [0.717, 1.165) is 24.2 Å². The molecule has 2 rings (SSSR count). The number of rotatable bonds is 5. The Morgan fingerprint density at radius 1 is 1.40 bits per heavy atom. The number of ketones is 1. The minimum atomic E-state index is 0.206. The lowest BCUT2D eigenvalue weighted by Crippen LogP contribution is -2.40. The molecular weight excluding hydrogens is 248 g/mol. The molecule has 0 aliphatic carbocycles. The predicted octanol–water partition coefficient (Wildman–Crippen LogP) is 3.41.